The van der Waals surface area contributed by atoms with Crippen LogP contribution in [0.25, 0.3) is 0 Å². The predicted molar refractivity (Wildman–Crippen MR) is 80.9 cm³/mol. The maximum absolute atomic E-state index is 6.30. The van der Waals surface area contributed by atoms with Crippen molar-refractivity contribution in [3.05, 3.63) is 28.8 Å². The number of nitrogens with one attached hydrogen (secondary N) is 1. The van der Waals surface area contributed by atoms with E-state index >= 15 is 0 Å². The molecule has 0 heterocycles. The molecular weight excluding hydrogens is 258 g/mol. The minimum absolute atomic E-state index is 0.328. The van der Waals surface area contributed by atoms with Crippen LogP contribution in [0.1, 0.15) is 44.6 Å². The average molecular weight is 282 g/mol. The van der Waals surface area contributed by atoms with Gasteiger partial charge in [-0.25, -0.2) is 0 Å². The lowest BCUT2D eigenvalue weighted by Crippen LogP contribution is -2.26. The summed E-state index contributed by atoms with van der Waals surface area (Å²) in [6.45, 7) is 3.06. The molecule has 0 amide bonds. The number of ether oxygens (including phenoxy) is 1. The van der Waals surface area contributed by atoms with Crippen molar-refractivity contribution in [3.8, 4) is 5.75 Å². The summed E-state index contributed by atoms with van der Waals surface area (Å²) in [6, 6.07) is 5.98. The van der Waals surface area contributed by atoms with Gasteiger partial charge < -0.3 is 10.1 Å². The number of hydrogen-bond donors (Lipinski definition) is 1. The first-order chi connectivity index (χ1) is 9.24. The smallest absolute Gasteiger partial charge is 0.142 e. The molecule has 1 N–H and O–H groups in total. The average Bonchev–Trinajstić information content (AvgIpc) is 2.43. The molecule has 1 saturated carbocycles. The Kier molecular flexibility index (Phi) is 5.53. The normalized spacial score (nSPS) is 23.3. The molecular formula is C16H24ClNO. The van der Waals surface area contributed by atoms with Crippen molar-refractivity contribution in [2.45, 2.75) is 51.7 Å². The Morgan fingerprint density at radius 3 is 2.95 bits per heavy atom. The van der Waals surface area contributed by atoms with E-state index in [1.165, 1.54) is 25.7 Å². The first-order valence-electron chi connectivity index (χ1n) is 7.33. The second kappa shape index (κ2) is 7.16. The molecule has 0 aromatic heterocycles. The van der Waals surface area contributed by atoms with Gasteiger partial charge in [0.15, 0.2) is 0 Å². The Labute approximate surface area is 121 Å². The van der Waals surface area contributed by atoms with Gasteiger partial charge in [-0.1, -0.05) is 43.5 Å². The highest BCUT2D eigenvalue weighted by molar-refractivity contribution is 6.32. The van der Waals surface area contributed by atoms with Crippen molar-refractivity contribution in [1.29, 1.82) is 0 Å². The van der Waals surface area contributed by atoms with Gasteiger partial charge in [-0.3, -0.25) is 0 Å². The molecule has 1 aliphatic carbocycles. The Morgan fingerprint density at radius 2 is 2.21 bits per heavy atom. The van der Waals surface area contributed by atoms with E-state index in [4.69, 9.17) is 16.3 Å². The first kappa shape index (κ1) is 14.7. The number of benzene rings is 1. The van der Waals surface area contributed by atoms with Crippen LogP contribution in [-0.2, 0) is 6.54 Å². The molecule has 0 spiro atoms. The molecule has 2 unspecified atom stereocenters. The lowest BCUT2D eigenvalue weighted by atomic mass is 9.85. The Bertz CT molecular complexity index is 408. The molecule has 3 heteroatoms. The third-order valence-electron chi connectivity index (χ3n) is 4.01. The topological polar surface area (TPSA) is 21.3 Å². The zero-order valence-corrected chi connectivity index (χ0v) is 12.7. The fourth-order valence-electron chi connectivity index (χ4n) is 2.90. The van der Waals surface area contributed by atoms with Gasteiger partial charge in [-0.2, -0.15) is 0 Å². The minimum Gasteiger partial charge on any atom is -0.489 e. The molecule has 19 heavy (non-hydrogen) atoms. The van der Waals surface area contributed by atoms with E-state index in [1.807, 2.05) is 19.2 Å². The number of halogens is 1. The van der Waals surface area contributed by atoms with Crippen LogP contribution in [0.3, 0.4) is 0 Å². The van der Waals surface area contributed by atoms with Crippen LogP contribution >= 0.6 is 11.6 Å². The maximum Gasteiger partial charge on any atom is 0.142 e. The summed E-state index contributed by atoms with van der Waals surface area (Å²) in [7, 11) is 1.94. The van der Waals surface area contributed by atoms with Gasteiger partial charge in [0.25, 0.3) is 0 Å². The summed E-state index contributed by atoms with van der Waals surface area (Å²) >= 11 is 6.30. The van der Waals surface area contributed by atoms with Crippen molar-refractivity contribution in [1.82, 2.24) is 5.32 Å². The fourth-order valence-corrected chi connectivity index (χ4v) is 3.14. The van der Waals surface area contributed by atoms with Crippen LogP contribution in [0.4, 0.5) is 0 Å². The third kappa shape index (κ3) is 3.87. The van der Waals surface area contributed by atoms with Crippen molar-refractivity contribution in [3.63, 3.8) is 0 Å². The summed E-state index contributed by atoms with van der Waals surface area (Å²) in [6.07, 6.45) is 6.53. The Morgan fingerprint density at radius 1 is 1.37 bits per heavy atom. The van der Waals surface area contributed by atoms with Gasteiger partial charge in [0.05, 0.1) is 11.1 Å². The summed E-state index contributed by atoms with van der Waals surface area (Å²) < 4.78 is 6.23. The summed E-state index contributed by atoms with van der Waals surface area (Å²) in [5.74, 6) is 1.69. The largest absolute Gasteiger partial charge is 0.489 e. The van der Waals surface area contributed by atoms with Crippen LogP contribution in [0.2, 0.25) is 5.02 Å². The monoisotopic (exact) mass is 281 g/mol. The van der Waals surface area contributed by atoms with Gasteiger partial charge in [0.2, 0.25) is 0 Å². The van der Waals surface area contributed by atoms with Gasteiger partial charge in [-0.05, 0) is 38.3 Å². The number of para-hydroxylation sites is 1. The molecule has 1 aromatic carbocycles. The van der Waals surface area contributed by atoms with Crippen molar-refractivity contribution in [2.75, 3.05) is 7.05 Å². The summed E-state index contributed by atoms with van der Waals surface area (Å²) in [5.41, 5.74) is 1.15. The Hall–Kier alpha value is -0.730. The van der Waals surface area contributed by atoms with Crippen LogP contribution in [0.15, 0.2) is 18.2 Å². The molecule has 2 atom stereocenters. The number of rotatable bonds is 5. The highest BCUT2D eigenvalue weighted by Crippen LogP contribution is 2.34. The van der Waals surface area contributed by atoms with Gasteiger partial charge in [0.1, 0.15) is 5.75 Å². The second-order valence-electron chi connectivity index (χ2n) is 5.44. The summed E-state index contributed by atoms with van der Waals surface area (Å²) in [4.78, 5) is 0. The van der Waals surface area contributed by atoms with E-state index in [-0.39, 0.29) is 0 Å². The van der Waals surface area contributed by atoms with E-state index < -0.39 is 0 Å². The first-order valence-corrected chi connectivity index (χ1v) is 7.71. The number of hydrogen-bond acceptors (Lipinski definition) is 2. The molecule has 2 nitrogen and oxygen atoms in total. The van der Waals surface area contributed by atoms with E-state index in [2.05, 4.69) is 18.3 Å². The molecule has 2 rings (SSSR count). The highest BCUT2D eigenvalue weighted by Gasteiger charge is 2.23. The van der Waals surface area contributed by atoms with Crippen LogP contribution < -0.4 is 10.1 Å². The quantitative estimate of drug-likeness (QED) is 0.863. The zero-order valence-electron chi connectivity index (χ0n) is 11.9. The van der Waals surface area contributed by atoms with Crippen molar-refractivity contribution >= 4 is 11.6 Å². The SMILES string of the molecule is CCC1CCCC(Oc2c(Cl)cccc2CNC)C1. The lowest BCUT2D eigenvalue weighted by Gasteiger charge is -2.30. The maximum atomic E-state index is 6.30. The predicted octanol–water partition coefficient (Wildman–Crippen LogP) is 4.41. The van der Waals surface area contributed by atoms with Gasteiger partial charge >= 0.3 is 0 Å². The van der Waals surface area contributed by atoms with Gasteiger partial charge in [-0.15, -0.1) is 0 Å². The second-order valence-corrected chi connectivity index (χ2v) is 5.85. The molecule has 0 aliphatic heterocycles. The molecule has 106 valence electrons. The van der Waals surface area contributed by atoms with E-state index in [1.54, 1.807) is 0 Å². The molecule has 1 fully saturated rings. The minimum atomic E-state index is 0.328. The fraction of sp³-hybridized carbons (Fsp3) is 0.625. The molecule has 1 aliphatic rings. The van der Waals surface area contributed by atoms with Crippen LogP contribution in [0, 0.1) is 5.92 Å². The molecule has 0 saturated heterocycles. The lowest BCUT2D eigenvalue weighted by molar-refractivity contribution is 0.121. The van der Waals surface area contributed by atoms with Crippen LogP contribution in [-0.4, -0.2) is 13.2 Å². The molecule has 0 bridgehead atoms. The third-order valence-corrected chi connectivity index (χ3v) is 4.31. The molecule has 0 radical (unpaired) electrons. The van der Waals surface area contributed by atoms with Crippen molar-refractivity contribution in [2.24, 2.45) is 5.92 Å². The summed E-state index contributed by atoms with van der Waals surface area (Å²) in [5, 5.41) is 3.90. The molecule has 1 aromatic rings. The highest BCUT2D eigenvalue weighted by atomic mass is 35.5. The zero-order chi connectivity index (χ0) is 13.7. The van der Waals surface area contributed by atoms with Gasteiger partial charge in [0, 0.05) is 12.1 Å². The van der Waals surface area contributed by atoms with Crippen molar-refractivity contribution < 1.29 is 4.74 Å². The van der Waals surface area contributed by atoms with E-state index in [9.17, 15) is 0 Å². The Balaban J connectivity index is 2.09. The standard InChI is InChI=1S/C16H24ClNO/c1-3-12-6-4-8-14(10-12)19-16-13(11-18-2)7-5-9-15(16)17/h5,7,9,12,14,18H,3-4,6,8,10-11H2,1-2H3. The van der Waals surface area contributed by atoms with Crippen LogP contribution in [0.5, 0.6) is 5.75 Å². The van der Waals surface area contributed by atoms with E-state index in [0.717, 1.165) is 35.2 Å². The van der Waals surface area contributed by atoms with E-state index in [0.29, 0.717) is 6.10 Å².